The molecule has 2 amide bonds. The summed E-state index contributed by atoms with van der Waals surface area (Å²) in [4.78, 5) is 23.6. The molecule has 0 aliphatic carbocycles. The van der Waals surface area contributed by atoms with E-state index < -0.39 is 5.91 Å². The van der Waals surface area contributed by atoms with Gasteiger partial charge in [0.1, 0.15) is 17.6 Å². The van der Waals surface area contributed by atoms with Crippen LogP contribution in [0.2, 0.25) is 0 Å². The van der Waals surface area contributed by atoms with Crippen LogP contribution in [-0.4, -0.2) is 42.3 Å². The molecule has 27 heavy (non-hydrogen) atoms. The van der Waals surface area contributed by atoms with Crippen molar-refractivity contribution in [2.45, 2.75) is 38.3 Å². The lowest BCUT2D eigenvalue weighted by Crippen LogP contribution is -2.51. The minimum Gasteiger partial charge on any atom is -0.486 e. The normalized spacial score (nSPS) is 19.4. The fourth-order valence-electron chi connectivity index (χ4n) is 2.89. The van der Waals surface area contributed by atoms with E-state index in [9.17, 15) is 9.59 Å². The van der Waals surface area contributed by atoms with E-state index in [1.165, 1.54) is 0 Å². The highest BCUT2D eigenvalue weighted by atomic mass is 16.5. The number of benzene rings is 1. The van der Waals surface area contributed by atoms with Crippen molar-refractivity contribution in [3.8, 4) is 5.75 Å². The van der Waals surface area contributed by atoms with E-state index in [1.54, 1.807) is 30.3 Å². The van der Waals surface area contributed by atoms with Gasteiger partial charge in [0.15, 0.2) is 5.69 Å². The fraction of sp³-hybridized carbons (Fsp3) is 0.421. The number of nitrogens with two attached hydrogens (primary N) is 1. The molecule has 2 atom stereocenters. The first kappa shape index (κ1) is 18.9. The Bertz CT molecular complexity index is 787. The van der Waals surface area contributed by atoms with E-state index in [-0.39, 0.29) is 23.7 Å². The summed E-state index contributed by atoms with van der Waals surface area (Å²) in [5.41, 5.74) is 5.90. The van der Waals surface area contributed by atoms with Crippen molar-refractivity contribution in [3.63, 3.8) is 0 Å². The number of primary amides is 1. The van der Waals surface area contributed by atoms with Crippen LogP contribution >= 0.6 is 0 Å². The lowest BCUT2D eigenvalue weighted by molar-refractivity contribution is -0.0135. The van der Waals surface area contributed by atoms with Gasteiger partial charge in [-0.15, -0.1) is 0 Å². The quantitative estimate of drug-likeness (QED) is 0.763. The molecule has 8 nitrogen and oxygen atoms in total. The number of rotatable bonds is 7. The third kappa shape index (κ3) is 4.85. The molecule has 8 heteroatoms. The minimum atomic E-state index is -0.497. The first-order chi connectivity index (χ1) is 13.1. The largest absolute Gasteiger partial charge is 0.486 e. The third-order valence-corrected chi connectivity index (χ3v) is 4.33. The summed E-state index contributed by atoms with van der Waals surface area (Å²) in [7, 11) is 0. The summed E-state index contributed by atoms with van der Waals surface area (Å²) < 4.78 is 16.6. The van der Waals surface area contributed by atoms with Crippen molar-refractivity contribution in [1.82, 2.24) is 10.5 Å². The van der Waals surface area contributed by atoms with E-state index >= 15 is 0 Å². The second kappa shape index (κ2) is 8.68. The van der Waals surface area contributed by atoms with Gasteiger partial charge in [-0.25, -0.2) is 0 Å². The number of nitrogens with zero attached hydrogens (tertiary/aromatic N) is 1. The molecular formula is C19H23N3O5. The van der Waals surface area contributed by atoms with Crippen LogP contribution in [0, 0.1) is 0 Å². The highest BCUT2D eigenvalue weighted by molar-refractivity contribution is 5.93. The molecule has 3 rings (SSSR count). The molecule has 1 aliphatic heterocycles. The summed E-state index contributed by atoms with van der Waals surface area (Å²) in [5.74, 6) is 0.465. The number of nitrogens with one attached hydrogen (secondary N) is 1. The molecule has 1 aromatic heterocycles. The molecule has 2 heterocycles. The van der Waals surface area contributed by atoms with Crippen LogP contribution in [0.25, 0.3) is 0 Å². The molecule has 1 aromatic carbocycles. The standard InChI is InChI=1S/C19H23N3O5/c1-2-3-14-10-16(22-27-14)19(24)21-15-8-9-25-11-17(15)26-13-6-4-12(5-7-13)18(20)23/h4-7,10,15,17H,2-3,8-9,11H2,1H3,(H2,20,23)(H,21,24)/t15-,17-/m1/s1. The Kier molecular flexibility index (Phi) is 6.08. The van der Waals surface area contributed by atoms with Crippen molar-refractivity contribution < 1.29 is 23.6 Å². The van der Waals surface area contributed by atoms with Crippen molar-refractivity contribution in [2.75, 3.05) is 13.2 Å². The number of hydrogen-bond donors (Lipinski definition) is 2. The van der Waals surface area contributed by atoms with Crippen molar-refractivity contribution in [1.29, 1.82) is 0 Å². The predicted octanol–water partition coefficient (Wildman–Crippen LogP) is 1.69. The van der Waals surface area contributed by atoms with Gasteiger partial charge in [-0.1, -0.05) is 12.1 Å². The van der Waals surface area contributed by atoms with Gasteiger partial charge in [0, 0.05) is 24.7 Å². The maximum absolute atomic E-state index is 12.5. The second-order valence-electron chi connectivity index (χ2n) is 6.42. The SMILES string of the molecule is CCCc1cc(C(=O)N[C@@H]2CCOC[C@H]2Oc2ccc(C(N)=O)cc2)no1. The number of aromatic nitrogens is 1. The highest BCUT2D eigenvalue weighted by Gasteiger charge is 2.30. The topological polar surface area (TPSA) is 117 Å². The van der Waals surface area contributed by atoms with Gasteiger partial charge in [-0.3, -0.25) is 9.59 Å². The Morgan fingerprint density at radius 3 is 2.81 bits per heavy atom. The molecule has 1 fully saturated rings. The molecule has 1 aliphatic rings. The number of aryl methyl sites for hydroxylation is 1. The Morgan fingerprint density at radius 2 is 2.11 bits per heavy atom. The molecule has 0 unspecified atom stereocenters. The Hall–Kier alpha value is -2.87. The van der Waals surface area contributed by atoms with Gasteiger partial charge in [0.05, 0.1) is 12.6 Å². The van der Waals surface area contributed by atoms with Crippen LogP contribution in [0.1, 0.15) is 46.4 Å². The summed E-state index contributed by atoms with van der Waals surface area (Å²) in [6, 6.07) is 7.97. The number of carbonyl (C=O) groups is 2. The van der Waals surface area contributed by atoms with Crippen LogP contribution in [0.15, 0.2) is 34.9 Å². The van der Waals surface area contributed by atoms with Crippen LogP contribution in [-0.2, 0) is 11.2 Å². The van der Waals surface area contributed by atoms with Gasteiger partial charge in [-0.2, -0.15) is 0 Å². The summed E-state index contributed by atoms with van der Waals surface area (Å²) in [6.45, 7) is 2.91. The van der Waals surface area contributed by atoms with Crippen molar-refractivity contribution in [3.05, 3.63) is 47.3 Å². The molecule has 1 saturated heterocycles. The smallest absolute Gasteiger partial charge is 0.273 e. The number of hydrogen-bond acceptors (Lipinski definition) is 6. The number of amides is 2. The van der Waals surface area contributed by atoms with Gasteiger partial charge >= 0.3 is 0 Å². The molecule has 0 radical (unpaired) electrons. The molecule has 3 N–H and O–H groups in total. The molecule has 0 bridgehead atoms. The highest BCUT2D eigenvalue weighted by Crippen LogP contribution is 2.19. The maximum atomic E-state index is 12.5. The number of ether oxygens (including phenoxy) is 2. The van der Waals surface area contributed by atoms with Crippen LogP contribution in [0.4, 0.5) is 0 Å². The zero-order chi connectivity index (χ0) is 19.2. The monoisotopic (exact) mass is 373 g/mol. The first-order valence-corrected chi connectivity index (χ1v) is 8.97. The minimum absolute atomic E-state index is 0.228. The van der Waals surface area contributed by atoms with E-state index in [0.717, 1.165) is 12.8 Å². The van der Waals surface area contributed by atoms with Crippen molar-refractivity contribution in [2.24, 2.45) is 5.73 Å². The maximum Gasteiger partial charge on any atom is 0.273 e. The molecular weight excluding hydrogens is 350 g/mol. The van der Waals surface area contributed by atoms with E-state index in [0.29, 0.717) is 36.7 Å². The Morgan fingerprint density at radius 1 is 1.33 bits per heavy atom. The Balaban J connectivity index is 1.63. The number of carbonyl (C=O) groups excluding carboxylic acids is 2. The fourth-order valence-corrected chi connectivity index (χ4v) is 2.89. The van der Waals surface area contributed by atoms with Crippen molar-refractivity contribution >= 4 is 11.8 Å². The Labute approximate surface area is 157 Å². The zero-order valence-electron chi connectivity index (χ0n) is 15.1. The second-order valence-corrected chi connectivity index (χ2v) is 6.42. The molecule has 2 aromatic rings. The predicted molar refractivity (Wildman–Crippen MR) is 96.6 cm³/mol. The van der Waals surface area contributed by atoms with Gasteiger partial charge in [0.2, 0.25) is 5.91 Å². The zero-order valence-corrected chi connectivity index (χ0v) is 15.1. The summed E-state index contributed by atoms with van der Waals surface area (Å²) in [6.07, 6.45) is 1.92. The average molecular weight is 373 g/mol. The molecule has 0 saturated carbocycles. The molecule has 144 valence electrons. The van der Waals surface area contributed by atoms with Gasteiger partial charge in [0.25, 0.3) is 5.91 Å². The lowest BCUT2D eigenvalue weighted by Gasteiger charge is -2.32. The van der Waals surface area contributed by atoms with E-state index in [1.807, 2.05) is 6.92 Å². The van der Waals surface area contributed by atoms with Gasteiger partial charge in [-0.05, 0) is 37.1 Å². The van der Waals surface area contributed by atoms with Crippen LogP contribution in [0.3, 0.4) is 0 Å². The molecule has 0 spiro atoms. The van der Waals surface area contributed by atoms with E-state index in [4.69, 9.17) is 19.7 Å². The van der Waals surface area contributed by atoms with E-state index in [2.05, 4.69) is 10.5 Å². The summed E-state index contributed by atoms with van der Waals surface area (Å²) in [5, 5.41) is 6.78. The third-order valence-electron chi connectivity index (χ3n) is 4.33. The summed E-state index contributed by atoms with van der Waals surface area (Å²) >= 11 is 0. The van der Waals surface area contributed by atoms with Crippen LogP contribution < -0.4 is 15.8 Å². The first-order valence-electron chi connectivity index (χ1n) is 8.97. The van der Waals surface area contributed by atoms with Crippen LogP contribution in [0.5, 0.6) is 5.75 Å². The lowest BCUT2D eigenvalue weighted by atomic mass is 10.1. The average Bonchev–Trinajstić information content (AvgIpc) is 3.13. The van der Waals surface area contributed by atoms with Gasteiger partial charge < -0.3 is 25.0 Å².